The van der Waals surface area contributed by atoms with Crippen molar-refractivity contribution in [3.63, 3.8) is 0 Å². The number of rotatable bonds is 4. The molecule has 1 aromatic carbocycles. The van der Waals surface area contributed by atoms with E-state index in [4.69, 9.17) is 0 Å². The van der Waals surface area contributed by atoms with E-state index in [1.54, 1.807) is 41.8 Å². The molecule has 6 nitrogen and oxygen atoms in total. The standard InChI is InChI=1S/C17H19N3O3S2/c21-17(20-10-13-8-18-9-14(13)11-20)12-3-1-4-15(7-12)19-25(22,23)16-5-2-6-24-16/h1-7,13-14,18-19H,8-11H2/t13-,14+. The van der Waals surface area contributed by atoms with Crippen molar-refractivity contribution >= 4 is 33.0 Å². The number of fused-ring (bicyclic) bond motifs is 1. The highest BCUT2D eigenvalue weighted by Gasteiger charge is 2.38. The van der Waals surface area contributed by atoms with E-state index >= 15 is 0 Å². The van der Waals surface area contributed by atoms with Crippen LogP contribution in [0.15, 0.2) is 46.0 Å². The van der Waals surface area contributed by atoms with Crippen LogP contribution in [0.2, 0.25) is 0 Å². The Balaban J connectivity index is 1.51. The molecule has 0 bridgehead atoms. The third kappa shape index (κ3) is 3.29. The zero-order valence-corrected chi connectivity index (χ0v) is 15.1. The van der Waals surface area contributed by atoms with Crippen molar-refractivity contribution in [2.24, 2.45) is 11.8 Å². The van der Waals surface area contributed by atoms with Crippen molar-refractivity contribution in [1.82, 2.24) is 10.2 Å². The highest BCUT2D eigenvalue weighted by Crippen LogP contribution is 2.28. The Bertz CT molecular complexity index is 868. The van der Waals surface area contributed by atoms with Gasteiger partial charge < -0.3 is 10.2 Å². The van der Waals surface area contributed by atoms with Crippen LogP contribution in [-0.2, 0) is 10.0 Å². The summed E-state index contributed by atoms with van der Waals surface area (Å²) < 4.78 is 27.5. The minimum atomic E-state index is -3.61. The molecule has 3 heterocycles. The lowest BCUT2D eigenvalue weighted by Crippen LogP contribution is -2.31. The van der Waals surface area contributed by atoms with E-state index in [1.807, 2.05) is 4.90 Å². The van der Waals surface area contributed by atoms with Gasteiger partial charge in [-0.3, -0.25) is 9.52 Å². The van der Waals surface area contributed by atoms with Crippen LogP contribution in [0.4, 0.5) is 5.69 Å². The second kappa shape index (κ2) is 6.44. The normalized spacial score (nSPS) is 22.8. The number of anilines is 1. The van der Waals surface area contributed by atoms with Crippen LogP contribution >= 0.6 is 11.3 Å². The quantitative estimate of drug-likeness (QED) is 0.852. The summed E-state index contributed by atoms with van der Waals surface area (Å²) in [6, 6.07) is 9.96. The summed E-state index contributed by atoms with van der Waals surface area (Å²) in [4.78, 5) is 14.6. The summed E-state index contributed by atoms with van der Waals surface area (Å²) in [6.45, 7) is 3.47. The predicted octanol–water partition coefficient (Wildman–Crippen LogP) is 1.84. The molecule has 2 fully saturated rings. The number of carbonyl (C=O) groups is 1. The van der Waals surface area contributed by atoms with Gasteiger partial charge in [0.1, 0.15) is 4.21 Å². The molecule has 2 aliphatic heterocycles. The van der Waals surface area contributed by atoms with E-state index in [2.05, 4.69) is 10.0 Å². The van der Waals surface area contributed by atoms with E-state index in [1.165, 1.54) is 0 Å². The lowest BCUT2D eigenvalue weighted by atomic mass is 10.0. The van der Waals surface area contributed by atoms with Crippen molar-refractivity contribution in [2.75, 3.05) is 30.9 Å². The molecule has 2 N–H and O–H groups in total. The lowest BCUT2D eigenvalue weighted by Gasteiger charge is -2.18. The van der Waals surface area contributed by atoms with Gasteiger partial charge in [0.25, 0.3) is 15.9 Å². The van der Waals surface area contributed by atoms with Crippen LogP contribution in [0.1, 0.15) is 10.4 Å². The number of sulfonamides is 1. The van der Waals surface area contributed by atoms with Crippen molar-refractivity contribution in [2.45, 2.75) is 4.21 Å². The van der Waals surface area contributed by atoms with Crippen LogP contribution in [0.3, 0.4) is 0 Å². The first-order valence-corrected chi connectivity index (χ1v) is 10.6. The second-order valence-corrected chi connectivity index (χ2v) is 9.36. The summed E-state index contributed by atoms with van der Waals surface area (Å²) in [5.74, 6) is 1.03. The molecule has 8 heteroatoms. The van der Waals surface area contributed by atoms with E-state index in [9.17, 15) is 13.2 Å². The van der Waals surface area contributed by atoms with E-state index < -0.39 is 10.0 Å². The summed E-state index contributed by atoms with van der Waals surface area (Å²) in [6.07, 6.45) is 0. The van der Waals surface area contributed by atoms with Crippen molar-refractivity contribution < 1.29 is 13.2 Å². The van der Waals surface area contributed by atoms with Gasteiger partial charge >= 0.3 is 0 Å². The summed E-state index contributed by atoms with van der Waals surface area (Å²) in [5, 5.41) is 5.07. The topological polar surface area (TPSA) is 78.5 Å². The van der Waals surface area contributed by atoms with Crippen LogP contribution in [0, 0.1) is 11.8 Å². The van der Waals surface area contributed by atoms with Gasteiger partial charge in [0.15, 0.2) is 0 Å². The van der Waals surface area contributed by atoms with Crippen LogP contribution in [-0.4, -0.2) is 45.4 Å². The molecule has 0 saturated carbocycles. The first kappa shape index (κ1) is 16.6. The van der Waals surface area contributed by atoms with Gasteiger partial charge in [-0.25, -0.2) is 8.42 Å². The summed E-state index contributed by atoms with van der Waals surface area (Å²) in [7, 11) is -3.61. The largest absolute Gasteiger partial charge is 0.338 e. The summed E-state index contributed by atoms with van der Waals surface area (Å²) >= 11 is 1.16. The van der Waals surface area contributed by atoms with Gasteiger partial charge in [-0.05, 0) is 41.5 Å². The lowest BCUT2D eigenvalue weighted by molar-refractivity contribution is 0.0781. The molecule has 1 amide bonds. The van der Waals surface area contributed by atoms with E-state index in [-0.39, 0.29) is 10.1 Å². The Morgan fingerprint density at radius 2 is 1.92 bits per heavy atom. The predicted molar refractivity (Wildman–Crippen MR) is 97.3 cm³/mol. The molecule has 2 saturated heterocycles. The van der Waals surface area contributed by atoms with Gasteiger partial charge in [-0.15, -0.1) is 11.3 Å². The Kier molecular flexibility index (Phi) is 4.26. The minimum Gasteiger partial charge on any atom is -0.338 e. The maximum atomic E-state index is 12.8. The number of likely N-dealkylation sites (tertiary alicyclic amines) is 1. The molecule has 2 atom stereocenters. The SMILES string of the molecule is O=C(c1cccc(NS(=O)(=O)c2cccs2)c1)N1C[C@H]2CNC[C@H]2C1. The Morgan fingerprint density at radius 1 is 1.16 bits per heavy atom. The van der Waals surface area contributed by atoms with Gasteiger partial charge in [-0.1, -0.05) is 12.1 Å². The van der Waals surface area contributed by atoms with Gasteiger partial charge in [-0.2, -0.15) is 0 Å². The fourth-order valence-corrected chi connectivity index (χ4v) is 5.58. The van der Waals surface area contributed by atoms with Crippen LogP contribution in [0.25, 0.3) is 0 Å². The molecular weight excluding hydrogens is 358 g/mol. The number of amides is 1. The average molecular weight is 377 g/mol. The Labute approximate surface area is 150 Å². The molecule has 0 spiro atoms. The number of nitrogens with zero attached hydrogens (tertiary/aromatic N) is 1. The fraction of sp³-hybridized carbons (Fsp3) is 0.353. The average Bonchev–Trinajstić information content (AvgIpc) is 3.30. The molecule has 1 aromatic heterocycles. The summed E-state index contributed by atoms with van der Waals surface area (Å²) in [5.41, 5.74) is 0.916. The molecule has 0 unspecified atom stereocenters. The highest BCUT2D eigenvalue weighted by atomic mass is 32.2. The first-order chi connectivity index (χ1) is 12.0. The highest BCUT2D eigenvalue weighted by molar-refractivity contribution is 7.94. The van der Waals surface area contributed by atoms with E-state index in [0.717, 1.165) is 37.5 Å². The minimum absolute atomic E-state index is 0.0356. The molecule has 2 aliphatic rings. The van der Waals surface area contributed by atoms with Crippen LogP contribution in [0.5, 0.6) is 0 Å². The van der Waals surface area contributed by atoms with Crippen LogP contribution < -0.4 is 10.0 Å². The maximum Gasteiger partial charge on any atom is 0.271 e. The number of benzene rings is 1. The number of nitrogens with one attached hydrogen (secondary N) is 2. The monoisotopic (exact) mass is 377 g/mol. The molecular formula is C17H19N3O3S2. The maximum absolute atomic E-state index is 12.8. The molecule has 4 rings (SSSR count). The first-order valence-electron chi connectivity index (χ1n) is 8.19. The number of thiophene rings is 1. The Morgan fingerprint density at radius 3 is 2.60 bits per heavy atom. The molecule has 25 heavy (non-hydrogen) atoms. The Hall–Kier alpha value is -1.90. The van der Waals surface area contributed by atoms with Crippen molar-refractivity contribution in [1.29, 1.82) is 0 Å². The smallest absolute Gasteiger partial charge is 0.271 e. The van der Waals surface area contributed by atoms with Gasteiger partial charge in [0.05, 0.1) is 0 Å². The number of hydrogen-bond acceptors (Lipinski definition) is 5. The zero-order valence-electron chi connectivity index (χ0n) is 13.5. The third-order valence-electron chi connectivity index (χ3n) is 4.80. The van der Waals surface area contributed by atoms with Gasteiger partial charge in [0.2, 0.25) is 0 Å². The number of carbonyl (C=O) groups excluding carboxylic acids is 1. The van der Waals surface area contributed by atoms with Crippen molar-refractivity contribution in [3.05, 3.63) is 47.3 Å². The third-order valence-corrected chi connectivity index (χ3v) is 7.58. The van der Waals surface area contributed by atoms with Crippen molar-refractivity contribution in [3.8, 4) is 0 Å². The molecule has 0 aliphatic carbocycles. The number of hydrogen-bond donors (Lipinski definition) is 2. The molecule has 0 radical (unpaired) electrons. The molecule has 132 valence electrons. The van der Waals surface area contributed by atoms with E-state index in [0.29, 0.717) is 23.1 Å². The second-order valence-electron chi connectivity index (χ2n) is 6.51. The van der Waals surface area contributed by atoms with Gasteiger partial charge in [0, 0.05) is 37.4 Å². The fourth-order valence-electron chi connectivity index (χ4n) is 3.54. The zero-order chi connectivity index (χ0) is 17.4. The molecule has 2 aromatic rings.